The van der Waals surface area contributed by atoms with Crippen molar-refractivity contribution in [3.05, 3.63) is 15.9 Å². The first-order chi connectivity index (χ1) is 8.79. The minimum absolute atomic E-state index is 0.280. The summed E-state index contributed by atoms with van der Waals surface area (Å²) in [5.74, 6) is 0. The van der Waals surface area contributed by atoms with Crippen LogP contribution in [0.5, 0.6) is 0 Å². The number of nitrogens with zero attached hydrogens (tertiary/aromatic N) is 2. The molecule has 0 bridgehead atoms. The van der Waals surface area contributed by atoms with E-state index >= 15 is 0 Å². The van der Waals surface area contributed by atoms with E-state index < -0.39 is 0 Å². The summed E-state index contributed by atoms with van der Waals surface area (Å²) in [6.45, 7) is 12.1. The molecule has 0 aliphatic heterocycles. The Morgan fingerprint density at radius 1 is 1.42 bits per heavy atom. The standard InChI is InChI=1S/C15H28BrN3/c1-7-8-15(5,10-17-11(2)3)9-13-14(16)12(4)18-19(13)6/h11,17H,7-10H2,1-6H3. The minimum atomic E-state index is 0.280. The Balaban J connectivity index is 2.88. The molecule has 1 atom stereocenters. The third kappa shape index (κ3) is 4.60. The summed E-state index contributed by atoms with van der Waals surface area (Å²) < 4.78 is 3.18. The third-order valence-corrected chi connectivity index (χ3v) is 4.68. The molecule has 0 radical (unpaired) electrons. The fraction of sp³-hybridized carbons (Fsp3) is 0.800. The van der Waals surface area contributed by atoms with E-state index in [2.05, 4.69) is 61.0 Å². The Kier molecular flexibility index (Phi) is 6.06. The van der Waals surface area contributed by atoms with Crippen LogP contribution < -0.4 is 5.32 Å². The van der Waals surface area contributed by atoms with Gasteiger partial charge in [0.25, 0.3) is 0 Å². The van der Waals surface area contributed by atoms with Crippen LogP contribution >= 0.6 is 15.9 Å². The molecular weight excluding hydrogens is 302 g/mol. The van der Waals surface area contributed by atoms with Crippen LogP contribution in [0.2, 0.25) is 0 Å². The van der Waals surface area contributed by atoms with Crippen molar-refractivity contribution in [2.75, 3.05) is 6.54 Å². The monoisotopic (exact) mass is 329 g/mol. The van der Waals surface area contributed by atoms with E-state index in [1.54, 1.807) is 0 Å². The highest BCUT2D eigenvalue weighted by Gasteiger charge is 2.27. The molecule has 0 spiro atoms. The van der Waals surface area contributed by atoms with Crippen molar-refractivity contribution in [3.63, 3.8) is 0 Å². The van der Waals surface area contributed by atoms with Gasteiger partial charge in [-0.1, -0.05) is 34.1 Å². The number of halogens is 1. The molecular formula is C15H28BrN3. The molecule has 110 valence electrons. The zero-order valence-corrected chi connectivity index (χ0v) is 14.8. The number of hydrogen-bond acceptors (Lipinski definition) is 2. The maximum absolute atomic E-state index is 4.50. The largest absolute Gasteiger partial charge is 0.314 e. The fourth-order valence-corrected chi connectivity index (χ4v) is 3.05. The van der Waals surface area contributed by atoms with Gasteiger partial charge in [0.05, 0.1) is 15.9 Å². The zero-order valence-electron chi connectivity index (χ0n) is 13.2. The second kappa shape index (κ2) is 6.89. The van der Waals surface area contributed by atoms with Crippen LogP contribution in [0.4, 0.5) is 0 Å². The first kappa shape index (κ1) is 16.7. The first-order valence-corrected chi connectivity index (χ1v) is 7.99. The van der Waals surface area contributed by atoms with Gasteiger partial charge in [-0.25, -0.2) is 0 Å². The van der Waals surface area contributed by atoms with Crippen LogP contribution in [0, 0.1) is 12.3 Å². The molecule has 0 saturated heterocycles. The van der Waals surface area contributed by atoms with Gasteiger partial charge in [0.15, 0.2) is 0 Å². The lowest BCUT2D eigenvalue weighted by atomic mass is 9.80. The molecule has 0 aliphatic rings. The zero-order chi connectivity index (χ0) is 14.6. The SMILES string of the molecule is CCCC(C)(CNC(C)C)Cc1c(Br)c(C)nn1C. The van der Waals surface area contributed by atoms with Gasteiger partial charge in [-0.15, -0.1) is 0 Å². The summed E-state index contributed by atoms with van der Waals surface area (Å²) in [6, 6.07) is 0.535. The average Bonchev–Trinajstić information content (AvgIpc) is 2.54. The number of hydrogen-bond donors (Lipinski definition) is 1. The van der Waals surface area contributed by atoms with Crippen molar-refractivity contribution in [1.82, 2.24) is 15.1 Å². The van der Waals surface area contributed by atoms with E-state index in [1.807, 2.05) is 11.7 Å². The number of nitrogens with one attached hydrogen (secondary N) is 1. The third-order valence-electron chi connectivity index (χ3n) is 3.65. The Hall–Kier alpha value is -0.350. The summed E-state index contributed by atoms with van der Waals surface area (Å²) >= 11 is 3.68. The predicted molar refractivity (Wildman–Crippen MR) is 85.5 cm³/mol. The normalized spacial score (nSPS) is 14.9. The lowest BCUT2D eigenvalue weighted by molar-refractivity contribution is 0.261. The van der Waals surface area contributed by atoms with Gasteiger partial charge in [-0.05, 0) is 41.1 Å². The molecule has 1 rings (SSSR count). The van der Waals surface area contributed by atoms with Gasteiger partial charge < -0.3 is 5.32 Å². The van der Waals surface area contributed by atoms with Gasteiger partial charge >= 0.3 is 0 Å². The second-order valence-electron chi connectivity index (χ2n) is 6.24. The van der Waals surface area contributed by atoms with E-state index in [0.717, 1.165) is 18.7 Å². The summed E-state index contributed by atoms with van der Waals surface area (Å²) in [5, 5.41) is 8.09. The predicted octanol–water partition coefficient (Wildman–Crippen LogP) is 3.84. The molecule has 3 nitrogen and oxygen atoms in total. The van der Waals surface area contributed by atoms with E-state index in [0.29, 0.717) is 6.04 Å². The maximum atomic E-state index is 4.50. The molecule has 0 saturated carbocycles. The summed E-state index contributed by atoms with van der Waals surface area (Å²) in [7, 11) is 2.04. The lowest BCUT2D eigenvalue weighted by Crippen LogP contribution is -2.37. The summed E-state index contributed by atoms with van der Waals surface area (Å²) in [4.78, 5) is 0. The van der Waals surface area contributed by atoms with Crippen LogP contribution in [0.15, 0.2) is 4.47 Å². The molecule has 1 aromatic heterocycles. The highest BCUT2D eigenvalue weighted by Crippen LogP contribution is 2.32. The van der Waals surface area contributed by atoms with Crippen LogP contribution in [-0.4, -0.2) is 22.4 Å². The van der Waals surface area contributed by atoms with E-state index in [-0.39, 0.29) is 5.41 Å². The van der Waals surface area contributed by atoms with Crippen molar-refractivity contribution in [3.8, 4) is 0 Å². The highest BCUT2D eigenvalue weighted by molar-refractivity contribution is 9.10. The van der Waals surface area contributed by atoms with Gasteiger partial charge in [0.1, 0.15) is 0 Å². The highest BCUT2D eigenvalue weighted by atomic mass is 79.9. The van der Waals surface area contributed by atoms with Crippen molar-refractivity contribution in [2.24, 2.45) is 12.5 Å². The van der Waals surface area contributed by atoms with E-state index in [4.69, 9.17) is 0 Å². The molecule has 1 unspecified atom stereocenters. The molecule has 0 amide bonds. The smallest absolute Gasteiger partial charge is 0.0738 e. The van der Waals surface area contributed by atoms with Crippen LogP contribution in [-0.2, 0) is 13.5 Å². The molecule has 19 heavy (non-hydrogen) atoms. The van der Waals surface area contributed by atoms with E-state index in [9.17, 15) is 0 Å². The Bertz CT molecular complexity index is 412. The molecule has 1 N–H and O–H groups in total. The second-order valence-corrected chi connectivity index (χ2v) is 7.04. The topological polar surface area (TPSA) is 29.9 Å². The molecule has 1 heterocycles. The molecule has 1 aromatic rings. The van der Waals surface area contributed by atoms with Crippen LogP contribution in [0.1, 0.15) is 51.9 Å². The molecule has 0 fully saturated rings. The Labute approximate surface area is 126 Å². The molecule has 0 aliphatic carbocycles. The van der Waals surface area contributed by atoms with Crippen LogP contribution in [0.3, 0.4) is 0 Å². The van der Waals surface area contributed by atoms with Gasteiger partial charge in [0.2, 0.25) is 0 Å². The van der Waals surface area contributed by atoms with Crippen LogP contribution in [0.25, 0.3) is 0 Å². The van der Waals surface area contributed by atoms with Crippen molar-refractivity contribution in [2.45, 2.75) is 59.9 Å². The van der Waals surface area contributed by atoms with Crippen molar-refractivity contribution >= 4 is 15.9 Å². The van der Waals surface area contributed by atoms with Gasteiger partial charge in [-0.3, -0.25) is 4.68 Å². The average molecular weight is 330 g/mol. The Morgan fingerprint density at radius 3 is 2.47 bits per heavy atom. The fourth-order valence-electron chi connectivity index (χ4n) is 2.57. The quantitative estimate of drug-likeness (QED) is 0.823. The number of rotatable bonds is 7. The summed E-state index contributed by atoms with van der Waals surface area (Å²) in [5.41, 5.74) is 2.66. The number of aromatic nitrogens is 2. The Morgan fingerprint density at radius 2 is 2.05 bits per heavy atom. The van der Waals surface area contributed by atoms with E-state index in [1.165, 1.54) is 23.0 Å². The molecule has 4 heteroatoms. The van der Waals surface area contributed by atoms with Gasteiger partial charge in [-0.2, -0.15) is 5.10 Å². The van der Waals surface area contributed by atoms with Crippen molar-refractivity contribution in [1.29, 1.82) is 0 Å². The first-order valence-electron chi connectivity index (χ1n) is 7.20. The lowest BCUT2D eigenvalue weighted by Gasteiger charge is -2.31. The van der Waals surface area contributed by atoms with Crippen molar-refractivity contribution < 1.29 is 0 Å². The molecule has 0 aromatic carbocycles. The minimum Gasteiger partial charge on any atom is -0.314 e. The van der Waals surface area contributed by atoms with Gasteiger partial charge in [0, 0.05) is 19.6 Å². The number of aryl methyl sites for hydroxylation is 2. The maximum Gasteiger partial charge on any atom is 0.0738 e. The summed E-state index contributed by atoms with van der Waals surface area (Å²) in [6.07, 6.45) is 3.49.